The number of ether oxygens (including phenoxy) is 3. The van der Waals surface area contributed by atoms with Crippen molar-refractivity contribution in [2.24, 2.45) is 0 Å². The zero-order valence-corrected chi connectivity index (χ0v) is 15.3. The Bertz CT molecular complexity index is 827. The number of benzene rings is 1. The van der Waals surface area contributed by atoms with Gasteiger partial charge in [-0.15, -0.1) is 0 Å². The number of para-hydroxylation sites is 1. The van der Waals surface area contributed by atoms with Crippen LogP contribution in [0.3, 0.4) is 0 Å². The van der Waals surface area contributed by atoms with Gasteiger partial charge in [-0.1, -0.05) is 12.1 Å². The molecule has 142 valence electrons. The Hall–Kier alpha value is -2.80. The number of aromatic nitrogens is 1. The van der Waals surface area contributed by atoms with Crippen molar-refractivity contribution in [1.82, 2.24) is 15.2 Å². The monoisotopic (exact) mass is 369 g/mol. The standard InChI is InChI=1S/C20H23N3O4/c1-14(24)22-10-16-9-17(5-7-21-16)27-18-6-8-23(12-18)11-15-3-2-4-19-20(15)26-13-25-19/h2-5,7,9,18H,6,8,10-13H2,1H3,(H,22,24). The van der Waals surface area contributed by atoms with Gasteiger partial charge in [0, 0.05) is 44.4 Å². The predicted molar refractivity (Wildman–Crippen MR) is 98.6 cm³/mol. The minimum Gasteiger partial charge on any atom is -0.489 e. The van der Waals surface area contributed by atoms with Crippen LogP contribution in [0.4, 0.5) is 0 Å². The molecule has 2 aromatic rings. The molecule has 1 aromatic heterocycles. The number of nitrogens with zero attached hydrogens (tertiary/aromatic N) is 2. The van der Waals surface area contributed by atoms with Crippen LogP contribution in [0.15, 0.2) is 36.5 Å². The van der Waals surface area contributed by atoms with E-state index in [2.05, 4.69) is 21.3 Å². The maximum atomic E-state index is 11.0. The molecule has 27 heavy (non-hydrogen) atoms. The molecule has 0 aliphatic carbocycles. The number of likely N-dealkylation sites (tertiary alicyclic amines) is 1. The quantitative estimate of drug-likeness (QED) is 0.841. The Labute approximate surface area is 158 Å². The molecule has 1 amide bonds. The van der Waals surface area contributed by atoms with Crippen molar-refractivity contribution in [1.29, 1.82) is 0 Å². The molecule has 3 heterocycles. The summed E-state index contributed by atoms with van der Waals surface area (Å²) in [6, 6.07) is 9.76. The first kappa shape index (κ1) is 17.6. The molecule has 1 unspecified atom stereocenters. The third-order valence-electron chi connectivity index (χ3n) is 4.71. The number of amides is 1. The molecule has 0 saturated carbocycles. The maximum Gasteiger partial charge on any atom is 0.231 e. The van der Waals surface area contributed by atoms with Gasteiger partial charge in [0.05, 0.1) is 12.2 Å². The summed E-state index contributed by atoms with van der Waals surface area (Å²) < 4.78 is 17.2. The van der Waals surface area contributed by atoms with E-state index in [0.29, 0.717) is 13.3 Å². The van der Waals surface area contributed by atoms with Crippen molar-refractivity contribution in [2.45, 2.75) is 32.5 Å². The molecule has 1 atom stereocenters. The van der Waals surface area contributed by atoms with Crippen LogP contribution in [0.25, 0.3) is 0 Å². The van der Waals surface area contributed by atoms with Crippen LogP contribution < -0.4 is 19.5 Å². The van der Waals surface area contributed by atoms with Crippen molar-refractivity contribution >= 4 is 5.91 Å². The van der Waals surface area contributed by atoms with Crippen LogP contribution in [-0.2, 0) is 17.9 Å². The number of carbonyl (C=O) groups is 1. The molecule has 1 saturated heterocycles. The van der Waals surface area contributed by atoms with Crippen molar-refractivity contribution in [3.05, 3.63) is 47.8 Å². The summed E-state index contributed by atoms with van der Waals surface area (Å²) in [5.41, 5.74) is 1.93. The van der Waals surface area contributed by atoms with Crippen LogP contribution in [0, 0.1) is 0 Å². The smallest absolute Gasteiger partial charge is 0.231 e. The lowest BCUT2D eigenvalue weighted by atomic mass is 10.2. The van der Waals surface area contributed by atoms with E-state index in [1.54, 1.807) is 6.20 Å². The second-order valence-electron chi connectivity index (χ2n) is 6.81. The maximum absolute atomic E-state index is 11.0. The molecule has 2 aliphatic rings. The van der Waals surface area contributed by atoms with Gasteiger partial charge in [0.1, 0.15) is 11.9 Å². The Morgan fingerprint density at radius 1 is 1.37 bits per heavy atom. The molecule has 1 aromatic carbocycles. The molecule has 7 heteroatoms. The summed E-state index contributed by atoms with van der Waals surface area (Å²) in [6.07, 6.45) is 2.81. The number of hydrogen-bond donors (Lipinski definition) is 1. The molecule has 7 nitrogen and oxygen atoms in total. The summed E-state index contributed by atoms with van der Waals surface area (Å²) in [7, 11) is 0. The zero-order chi connectivity index (χ0) is 18.6. The first-order valence-electron chi connectivity index (χ1n) is 9.13. The summed E-state index contributed by atoms with van der Waals surface area (Å²) in [6.45, 7) is 4.83. The van der Waals surface area contributed by atoms with Gasteiger partial charge < -0.3 is 19.5 Å². The van der Waals surface area contributed by atoms with Crippen LogP contribution in [0.2, 0.25) is 0 Å². The number of pyridine rings is 1. The normalized spacial score (nSPS) is 18.5. The molecule has 2 aliphatic heterocycles. The number of carbonyl (C=O) groups excluding carboxylic acids is 1. The molecule has 1 N–H and O–H groups in total. The van der Waals surface area contributed by atoms with Crippen LogP contribution in [0.5, 0.6) is 17.2 Å². The highest BCUT2D eigenvalue weighted by Gasteiger charge is 2.26. The molecular formula is C20H23N3O4. The lowest BCUT2D eigenvalue weighted by Crippen LogP contribution is -2.25. The first-order valence-corrected chi connectivity index (χ1v) is 9.13. The van der Waals surface area contributed by atoms with Gasteiger partial charge in [0.15, 0.2) is 11.5 Å². The fourth-order valence-corrected chi connectivity index (χ4v) is 3.43. The average Bonchev–Trinajstić information content (AvgIpc) is 3.30. The Morgan fingerprint density at radius 3 is 3.19 bits per heavy atom. The van der Waals surface area contributed by atoms with E-state index in [0.717, 1.165) is 54.6 Å². The van der Waals surface area contributed by atoms with Gasteiger partial charge in [-0.25, -0.2) is 0 Å². The van der Waals surface area contributed by atoms with Gasteiger partial charge >= 0.3 is 0 Å². The number of rotatable bonds is 6. The fourth-order valence-electron chi connectivity index (χ4n) is 3.43. The second kappa shape index (κ2) is 7.84. The van der Waals surface area contributed by atoms with Gasteiger partial charge in [-0.2, -0.15) is 0 Å². The van der Waals surface area contributed by atoms with Gasteiger partial charge in [-0.3, -0.25) is 14.7 Å². The molecule has 0 radical (unpaired) electrons. The third kappa shape index (κ3) is 4.31. The zero-order valence-electron chi connectivity index (χ0n) is 15.3. The largest absolute Gasteiger partial charge is 0.489 e. The highest BCUT2D eigenvalue weighted by Crippen LogP contribution is 2.36. The van der Waals surface area contributed by atoms with Gasteiger partial charge in [0.2, 0.25) is 12.7 Å². The predicted octanol–water partition coefficient (Wildman–Crippen LogP) is 2.10. The van der Waals surface area contributed by atoms with Crippen LogP contribution in [0.1, 0.15) is 24.6 Å². The summed E-state index contributed by atoms with van der Waals surface area (Å²) in [5, 5.41) is 2.75. The van der Waals surface area contributed by atoms with Gasteiger partial charge in [0.25, 0.3) is 0 Å². The fraction of sp³-hybridized carbons (Fsp3) is 0.400. The van der Waals surface area contributed by atoms with E-state index in [9.17, 15) is 4.79 Å². The third-order valence-corrected chi connectivity index (χ3v) is 4.71. The number of hydrogen-bond acceptors (Lipinski definition) is 6. The number of fused-ring (bicyclic) bond motifs is 1. The Morgan fingerprint density at radius 2 is 2.30 bits per heavy atom. The van der Waals surface area contributed by atoms with Crippen molar-refractivity contribution < 1.29 is 19.0 Å². The highest BCUT2D eigenvalue weighted by atomic mass is 16.7. The van der Waals surface area contributed by atoms with E-state index in [4.69, 9.17) is 14.2 Å². The Kier molecular flexibility index (Phi) is 5.11. The molecule has 4 rings (SSSR count). The summed E-state index contributed by atoms with van der Waals surface area (Å²) in [5.74, 6) is 2.40. The molecule has 1 fully saturated rings. The van der Waals surface area contributed by atoms with Gasteiger partial charge in [-0.05, 0) is 18.6 Å². The Balaban J connectivity index is 1.33. The minimum absolute atomic E-state index is 0.0728. The lowest BCUT2D eigenvalue weighted by Gasteiger charge is -2.18. The van der Waals surface area contributed by atoms with E-state index < -0.39 is 0 Å². The molecule has 0 spiro atoms. The second-order valence-corrected chi connectivity index (χ2v) is 6.81. The van der Waals surface area contributed by atoms with Crippen molar-refractivity contribution in [3.8, 4) is 17.2 Å². The van der Waals surface area contributed by atoms with Crippen LogP contribution >= 0.6 is 0 Å². The first-order chi connectivity index (χ1) is 13.2. The van der Waals surface area contributed by atoms with E-state index >= 15 is 0 Å². The van der Waals surface area contributed by atoms with Crippen LogP contribution in [-0.4, -0.2) is 41.8 Å². The van der Waals surface area contributed by atoms with Crippen molar-refractivity contribution in [3.63, 3.8) is 0 Å². The number of nitrogens with one attached hydrogen (secondary N) is 1. The molecule has 0 bridgehead atoms. The van der Waals surface area contributed by atoms with E-state index in [1.165, 1.54) is 6.92 Å². The topological polar surface area (TPSA) is 72.9 Å². The molecular weight excluding hydrogens is 346 g/mol. The summed E-state index contributed by atoms with van der Waals surface area (Å²) >= 11 is 0. The SMILES string of the molecule is CC(=O)NCc1cc(OC2CCN(Cc3cccc4c3OCO4)C2)ccn1. The highest BCUT2D eigenvalue weighted by molar-refractivity contribution is 5.72. The summed E-state index contributed by atoms with van der Waals surface area (Å²) in [4.78, 5) is 17.7. The average molecular weight is 369 g/mol. The lowest BCUT2D eigenvalue weighted by molar-refractivity contribution is -0.119. The van der Waals surface area contributed by atoms with Crippen molar-refractivity contribution in [2.75, 3.05) is 19.9 Å². The minimum atomic E-state index is -0.0728. The van der Waals surface area contributed by atoms with E-state index in [-0.39, 0.29) is 12.0 Å². The van der Waals surface area contributed by atoms with E-state index in [1.807, 2.05) is 24.3 Å².